The molecule has 0 aliphatic carbocycles. The lowest BCUT2D eigenvalue weighted by Crippen LogP contribution is -2.17. The smallest absolute Gasteiger partial charge is 0.245 e. The first kappa shape index (κ1) is 14.0. The Bertz CT molecular complexity index is 570. The molecule has 7 heteroatoms. The molecule has 0 aliphatic heterocycles. The molecule has 19 heavy (non-hydrogen) atoms. The molecule has 2 aromatic rings. The minimum atomic E-state index is -0.233. The van der Waals surface area contributed by atoms with Gasteiger partial charge in [-0.05, 0) is 13.8 Å². The van der Waals surface area contributed by atoms with Crippen LogP contribution in [0.4, 0.5) is 0 Å². The molecule has 0 aliphatic rings. The van der Waals surface area contributed by atoms with E-state index >= 15 is 0 Å². The maximum atomic E-state index is 6.19. The highest BCUT2D eigenvalue weighted by atomic mass is 35.5. The fourth-order valence-corrected chi connectivity index (χ4v) is 2.06. The molecule has 0 spiro atoms. The number of methoxy groups -OCH3 is 2. The summed E-state index contributed by atoms with van der Waals surface area (Å²) in [5.41, 5.74) is 1.33. The molecule has 6 nitrogen and oxygen atoms in total. The van der Waals surface area contributed by atoms with Gasteiger partial charge in [-0.15, -0.1) is 11.6 Å². The third-order valence-electron chi connectivity index (χ3n) is 2.92. The number of nitrogens with zero attached hydrogens (tertiary/aromatic N) is 4. The SMILES string of the molecule is COc1ncnc2c1nc(C(C)Cl)n2CC(C)OC. The molecule has 0 N–H and O–H groups in total. The van der Waals surface area contributed by atoms with Gasteiger partial charge in [-0.25, -0.2) is 9.97 Å². The van der Waals surface area contributed by atoms with E-state index in [0.717, 1.165) is 5.82 Å². The number of alkyl halides is 1. The van der Waals surface area contributed by atoms with Crippen LogP contribution in [0.5, 0.6) is 5.88 Å². The van der Waals surface area contributed by atoms with Crippen molar-refractivity contribution < 1.29 is 9.47 Å². The Morgan fingerprint density at radius 1 is 1.32 bits per heavy atom. The minimum Gasteiger partial charge on any atom is -0.479 e. The fraction of sp³-hybridized carbons (Fsp3) is 0.583. The lowest BCUT2D eigenvalue weighted by atomic mass is 10.3. The van der Waals surface area contributed by atoms with Crippen LogP contribution in [0.15, 0.2) is 6.33 Å². The standard InChI is InChI=1S/C12H17ClN4O2/c1-7(18-3)5-17-10(8(2)13)16-9-11(17)14-6-15-12(9)19-4/h6-8H,5H2,1-4H3. The molecule has 2 aromatic heterocycles. The quantitative estimate of drug-likeness (QED) is 0.788. The van der Waals surface area contributed by atoms with E-state index in [0.29, 0.717) is 23.6 Å². The summed E-state index contributed by atoms with van der Waals surface area (Å²) in [5.74, 6) is 1.19. The van der Waals surface area contributed by atoms with E-state index < -0.39 is 0 Å². The van der Waals surface area contributed by atoms with E-state index in [-0.39, 0.29) is 11.5 Å². The summed E-state index contributed by atoms with van der Waals surface area (Å²) in [6.45, 7) is 4.48. The Morgan fingerprint density at radius 3 is 2.63 bits per heavy atom. The second-order valence-corrected chi connectivity index (χ2v) is 4.95. The molecule has 2 heterocycles. The molecule has 0 amide bonds. The maximum Gasteiger partial charge on any atom is 0.245 e. The van der Waals surface area contributed by atoms with Crippen LogP contribution in [-0.2, 0) is 11.3 Å². The zero-order valence-electron chi connectivity index (χ0n) is 11.4. The zero-order chi connectivity index (χ0) is 14.0. The zero-order valence-corrected chi connectivity index (χ0v) is 12.2. The monoisotopic (exact) mass is 284 g/mol. The van der Waals surface area contributed by atoms with Crippen LogP contribution in [-0.4, -0.2) is 39.8 Å². The molecular weight excluding hydrogens is 268 g/mol. The topological polar surface area (TPSA) is 62.1 Å². The highest BCUT2D eigenvalue weighted by molar-refractivity contribution is 6.20. The molecule has 0 saturated heterocycles. The van der Waals surface area contributed by atoms with Gasteiger partial charge >= 0.3 is 0 Å². The minimum absolute atomic E-state index is 0.0347. The molecule has 0 bridgehead atoms. The van der Waals surface area contributed by atoms with Crippen LogP contribution in [0.2, 0.25) is 0 Å². The van der Waals surface area contributed by atoms with Crippen molar-refractivity contribution in [3.63, 3.8) is 0 Å². The van der Waals surface area contributed by atoms with Crippen LogP contribution in [0.3, 0.4) is 0 Å². The van der Waals surface area contributed by atoms with Crippen molar-refractivity contribution in [1.29, 1.82) is 0 Å². The van der Waals surface area contributed by atoms with Gasteiger partial charge in [-0.3, -0.25) is 0 Å². The number of aromatic nitrogens is 4. The third-order valence-corrected chi connectivity index (χ3v) is 3.11. The molecular formula is C12H17ClN4O2. The Labute approximate surface area is 116 Å². The van der Waals surface area contributed by atoms with Gasteiger partial charge in [0.15, 0.2) is 11.2 Å². The first-order valence-corrected chi connectivity index (χ1v) is 6.44. The van der Waals surface area contributed by atoms with Crippen molar-refractivity contribution in [2.24, 2.45) is 0 Å². The number of rotatable bonds is 5. The first-order chi connectivity index (χ1) is 9.08. The van der Waals surface area contributed by atoms with E-state index in [1.165, 1.54) is 6.33 Å². The number of hydrogen-bond acceptors (Lipinski definition) is 5. The van der Waals surface area contributed by atoms with Gasteiger partial charge in [0.2, 0.25) is 5.88 Å². The normalized spacial score (nSPS) is 14.6. The highest BCUT2D eigenvalue weighted by Gasteiger charge is 2.20. The summed E-state index contributed by atoms with van der Waals surface area (Å²) in [6, 6.07) is 0. The lowest BCUT2D eigenvalue weighted by Gasteiger charge is -2.14. The fourth-order valence-electron chi connectivity index (χ4n) is 1.90. The van der Waals surface area contributed by atoms with Crippen LogP contribution in [0.1, 0.15) is 25.0 Å². The van der Waals surface area contributed by atoms with E-state index in [4.69, 9.17) is 21.1 Å². The van der Waals surface area contributed by atoms with Gasteiger partial charge < -0.3 is 14.0 Å². The average Bonchev–Trinajstić information content (AvgIpc) is 2.77. The number of halogens is 1. The van der Waals surface area contributed by atoms with Gasteiger partial charge in [0, 0.05) is 7.11 Å². The predicted octanol–water partition coefficient (Wildman–Crippen LogP) is 2.17. The van der Waals surface area contributed by atoms with E-state index in [1.807, 2.05) is 18.4 Å². The second-order valence-electron chi connectivity index (χ2n) is 4.30. The second kappa shape index (κ2) is 5.71. The van der Waals surface area contributed by atoms with Gasteiger partial charge in [0.25, 0.3) is 0 Å². The van der Waals surface area contributed by atoms with Crippen molar-refractivity contribution in [3.05, 3.63) is 12.2 Å². The molecule has 2 atom stereocenters. The predicted molar refractivity (Wildman–Crippen MR) is 72.6 cm³/mol. The molecule has 0 radical (unpaired) electrons. The van der Waals surface area contributed by atoms with Crippen LogP contribution in [0, 0.1) is 0 Å². The summed E-state index contributed by atoms with van der Waals surface area (Å²) in [6.07, 6.45) is 1.49. The summed E-state index contributed by atoms with van der Waals surface area (Å²) in [7, 11) is 3.23. The Morgan fingerprint density at radius 2 is 2.05 bits per heavy atom. The molecule has 0 aromatic carbocycles. The Kier molecular flexibility index (Phi) is 4.21. The van der Waals surface area contributed by atoms with Crippen molar-refractivity contribution in [1.82, 2.24) is 19.5 Å². The van der Waals surface area contributed by atoms with Crippen LogP contribution < -0.4 is 4.74 Å². The molecule has 0 saturated carbocycles. The summed E-state index contributed by atoms with van der Waals surface area (Å²) >= 11 is 6.19. The summed E-state index contributed by atoms with van der Waals surface area (Å²) < 4.78 is 12.5. The van der Waals surface area contributed by atoms with E-state index in [9.17, 15) is 0 Å². The molecule has 0 fully saturated rings. The van der Waals surface area contributed by atoms with Crippen LogP contribution in [0.25, 0.3) is 11.2 Å². The first-order valence-electron chi connectivity index (χ1n) is 6.00. The number of fused-ring (bicyclic) bond motifs is 1. The van der Waals surface area contributed by atoms with Gasteiger partial charge in [0.05, 0.1) is 25.1 Å². The van der Waals surface area contributed by atoms with Crippen molar-refractivity contribution >= 4 is 22.8 Å². The van der Waals surface area contributed by atoms with Gasteiger partial charge in [-0.2, -0.15) is 4.98 Å². The molecule has 2 unspecified atom stereocenters. The number of hydrogen-bond donors (Lipinski definition) is 0. The highest BCUT2D eigenvalue weighted by Crippen LogP contribution is 2.27. The van der Waals surface area contributed by atoms with Crippen molar-refractivity contribution in [2.45, 2.75) is 31.9 Å². The number of imidazole rings is 1. The summed E-state index contributed by atoms with van der Waals surface area (Å²) in [4.78, 5) is 12.8. The van der Waals surface area contributed by atoms with Crippen molar-refractivity contribution in [3.8, 4) is 5.88 Å². The third kappa shape index (κ3) is 2.64. The largest absolute Gasteiger partial charge is 0.479 e. The molecule has 104 valence electrons. The Hall–Kier alpha value is -1.40. The summed E-state index contributed by atoms with van der Waals surface area (Å²) in [5, 5.41) is -0.233. The van der Waals surface area contributed by atoms with Crippen molar-refractivity contribution in [2.75, 3.05) is 14.2 Å². The lowest BCUT2D eigenvalue weighted by molar-refractivity contribution is 0.103. The average molecular weight is 285 g/mol. The van der Waals surface area contributed by atoms with Gasteiger partial charge in [0.1, 0.15) is 12.2 Å². The van der Waals surface area contributed by atoms with Crippen LogP contribution >= 0.6 is 11.6 Å². The number of ether oxygens (including phenoxy) is 2. The van der Waals surface area contributed by atoms with Gasteiger partial charge in [-0.1, -0.05) is 0 Å². The maximum absolute atomic E-state index is 6.19. The van der Waals surface area contributed by atoms with E-state index in [2.05, 4.69) is 15.0 Å². The molecule has 2 rings (SSSR count). The van der Waals surface area contributed by atoms with E-state index in [1.54, 1.807) is 14.2 Å². The Balaban J connectivity index is 2.60.